The molecule has 0 aliphatic heterocycles. The van der Waals surface area contributed by atoms with E-state index in [1.54, 1.807) is 0 Å². The van der Waals surface area contributed by atoms with Gasteiger partial charge in [0.2, 0.25) is 0 Å². The molecule has 5 heteroatoms. The molecule has 1 N–H and O–H groups in total. The van der Waals surface area contributed by atoms with E-state index in [9.17, 15) is 9.18 Å². The Labute approximate surface area is 86.2 Å². The topological polar surface area (TPSA) is 55.8 Å². The maximum Gasteiger partial charge on any atom is 0.338 e. The summed E-state index contributed by atoms with van der Waals surface area (Å²) in [5, 5.41) is 9.11. The Morgan fingerprint density at radius 1 is 1.47 bits per heavy atom. The van der Waals surface area contributed by atoms with E-state index in [-0.39, 0.29) is 12.2 Å². The largest absolute Gasteiger partial charge is 0.505 e. The highest BCUT2D eigenvalue weighted by Crippen LogP contribution is 2.22. The number of esters is 1. The number of carbonyl (C=O) groups is 1. The zero-order chi connectivity index (χ0) is 11.4. The number of benzene rings is 1. The summed E-state index contributed by atoms with van der Waals surface area (Å²) in [5.74, 6) is -2.03. The van der Waals surface area contributed by atoms with Crippen LogP contribution in [0.1, 0.15) is 15.9 Å². The number of ether oxygens (including phenoxy) is 2. The quantitative estimate of drug-likeness (QED) is 0.774. The Kier molecular flexibility index (Phi) is 3.62. The molecule has 0 amide bonds. The van der Waals surface area contributed by atoms with Crippen molar-refractivity contribution in [3.63, 3.8) is 0 Å². The van der Waals surface area contributed by atoms with Crippen molar-refractivity contribution in [1.82, 2.24) is 0 Å². The predicted octanol–water partition coefficient (Wildman–Crippen LogP) is 1.46. The molecule has 0 atom stereocenters. The lowest BCUT2D eigenvalue weighted by molar-refractivity contribution is 0.0595. The first-order valence-electron chi connectivity index (χ1n) is 4.18. The second kappa shape index (κ2) is 4.75. The van der Waals surface area contributed by atoms with Gasteiger partial charge in [-0.1, -0.05) is 0 Å². The van der Waals surface area contributed by atoms with Gasteiger partial charge in [0.25, 0.3) is 0 Å². The third-order valence-corrected chi connectivity index (χ3v) is 1.88. The van der Waals surface area contributed by atoms with Crippen LogP contribution in [0.2, 0.25) is 0 Å². The molecule has 1 aromatic rings. The monoisotopic (exact) mass is 214 g/mol. The van der Waals surface area contributed by atoms with Crippen LogP contribution in [0, 0.1) is 5.82 Å². The van der Waals surface area contributed by atoms with Crippen LogP contribution in [0.4, 0.5) is 4.39 Å². The maximum absolute atomic E-state index is 13.0. The first kappa shape index (κ1) is 11.5. The Morgan fingerprint density at radius 2 is 2.13 bits per heavy atom. The van der Waals surface area contributed by atoms with Crippen LogP contribution < -0.4 is 0 Å². The van der Waals surface area contributed by atoms with E-state index < -0.39 is 17.5 Å². The third kappa shape index (κ3) is 2.44. The molecule has 1 rings (SSSR count). The average molecular weight is 214 g/mol. The number of phenolic OH excluding ortho intramolecular Hbond substituents is 1. The third-order valence-electron chi connectivity index (χ3n) is 1.88. The average Bonchev–Trinajstić information content (AvgIpc) is 2.22. The van der Waals surface area contributed by atoms with Gasteiger partial charge in [-0.3, -0.25) is 0 Å². The summed E-state index contributed by atoms with van der Waals surface area (Å²) in [6.07, 6.45) is 0. The molecular weight excluding hydrogens is 203 g/mol. The fourth-order valence-electron chi connectivity index (χ4n) is 1.18. The number of halogens is 1. The number of methoxy groups -OCH3 is 2. The van der Waals surface area contributed by atoms with Crippen molar-refractivity contribution in [3.05, 3.63) is 29.1 Å². The highest BCUT2D eigenvalue weighted by atomic mass is 19.1. The SMILES string of the molecule is COCc1cc(F)c(O)cc1C(=O)OC. The number of phenols is 1. The number of hydrogen-bond acceptors (Lipinski definition) is 4. The summed E-state index contributed by atoms with van der Waals surface area (Å²) < 4.78 is 22.3. The van der Waals surface area contributed by atoms with Gasteiger partial charge in [-0.15, -0.1) is 0 Å². The van der Waals surface area contributed by atoms with E-state index >= 15 is 0 Å². The molecule has 0 aliphatic carbocycles. The molecule has 0 saturated heterocycles. The van der Waals surface area contributed by atoms with Crippen LogP contribution >= 0.6 is 0 Å². The molecule has 1 aromatic carbocycles. The van der Waals surface area contributed by atoms with E-state index in [0.717, 1.165) is 12.1 Å². The summed E-state index contributed by atoms with van der Waals surface area (Å²) in [5.41, 5.74) is 0.429. The molecule has 4 nitrogen and oxygen atoms in total. The Bertz CT molecular complexity index is 376. The van der Waals surface area contributed by atoms with Crippen molar-refractivity contribution >= 4 is 5.97 Å². The van der Waals surface area contributed by atoms with Crippen LogP contribution in [0.3, 0.4) is 0 Å². The Hall–Kier alpha value is -1.62. The molecule has 82 valence electrons. The second-order valence-electron chi connectivity index (χ2n) is 2.89. The van der Waals surface area contributed by atoms with E-state index in [4.69, 9.17) is 9.84 Å². The molecule has 0 radical (unpaired) electrons. The van der Waals surface area contributed by atoms with E-state index in [1.165, 1.54) is 14.2 Å². The van der Waals surface area contributed by atoms with Crippen LogP contribution in [0.5, 0.6) is 5.75 Å². The van der Waals surface area contributed by atoms with E-state index in [2.05, 4.69) is 4.74 Å². The smallest absolute Gasteiger partial charge is 0.338 e. The minimum absolute atomic E-state index is 0.0711. The molecule has 0 aromatic heterocycles. The first-order valence-corrected chi connectivity index (χ1v) is 4.18. The molecule has 0 fully saturated rings. The van der Waals surface area contributed by atoms with Crippen molar-refractivity contribution in [2.45, 2.75) is 6.61 Å². The Balaban J connectivity index is 3.21. The van der Waals surface area contributed by atoms with Gasteiger partial charge in [-0.2, -0.15) is 0 Å². The minimum Gasteiger partial charge on any atom is -0.505 e. The zero-order valence-electron chi connectivity index (χ0n) is 8.41. The standard InChI is InChI=1S/C10H11FO4/c1-14-5-6-3-8(11)9(12)4-7(6)10(13)15-2/h3-4,12H,5H2,1-2H3. The van der Waals surface area contributed by atoms with Crippen molar-refractivity contribution in [2.24, 2.45) is 0 Å². The van der Waals surface area contributed by atoms with E-state index in [1.807, 2.05) is 0 Å². The molecular formula is C10H11FO4. The molecule has 0 unspecified atom stereocenters. The van der Waals surface area contributed by atoms with Gasteiger partial charge in [-0.05, 0) is 17.7 Å². The summed E-state index contributed by atoms with van der Waals surface area (Å²) in [6, 6.07) is 2.07. The molecule has 15 heavy (non-hydrogen) atoms. The molecule has 0 aliphatic rings. The van der Waals surface area contributed by atoms with Gasteiger partial charge >= 0.3 is 5.97 Å². The normalized spacial score (nSPS) is 10.1. The summed E-state index contributed by atoms with van der Waals surface area (Å²) in [6.45, 7) is 0.0711. The van der Waals surface area contributed by atoms with Crippen molar-refractivity contribution in [3.8, 4) is 5.75 Å². The minimum atomic E-state index is -0.797. The van der Waals surface area contributed by atoms with Crippen molar-refractivity contribution in [1.29, 1.82) is 0 Å². The van der Waals surface area contributed by atoms with Gasteiger partial charge in [0.1, 0.15) is 0 Å². The number of rotatable bonds is 3. The summed E-state index contributed by atoms with van der Waals surface area (Å²) in [4.78, 5) is 11.3. The van der Waals surface area contributed by atoms with Gasteiger partial charge < -0.3 is 14.6 Å². The first-order chi connectivity index (χ1) is 7.10. The molecule has 0 bridgehead atoms. The second-order valence-corrected chi connectivity index (χ2v) is 2.89. The summed E-state index contributed by atoms with van der Waals surface area (Å²) in [7, 11) is 2.63. The van der Waals surface area contributed by atoms with Crippen molar-refractivity contribution in [2.75, 3.05) is 14.2 Å². The van der Waals surface area contributed by atoms with Crippen molar-refractivity contribution < 1.29 is 23.8 Å². The number of hydrogen-bond donors (Lipinski definition) is 1. The van der Waals surface area contributed by atoms with Gasteiger partial charge in [0.15, 0.2) is 11.6 Å². The van der Waals surface area contributed by atoms with Gasteiger partial charge in [0.05, 0.1) is 19.3 Å². The van der Waals surface area contributed by atoms with Crippen LogP contribution in [0.15, 0.2) is 12.1 Å². The predicted molar refractivity (Wildman–Crippen MR) is 50.1 cm³/mol. The summed E-state index contributed by atoms with van der Waals surface area (Å²) >= 11 is 0. The lowest BCUT2D eigenvalue weighted by Crippen LogP contribution is -2.07. The van der Waals surface area contributed by atoms with Gasteiger partial charge in [0, 0.05) is 7.11 Å². The fraction of sp³-hybridized carbons (Fsp3) is 0.300. The van der Waals surface area contributed by atoms with Gasteiger partial charge in [-0.25, -0.2) is 9.18 Å². The highest BCUT2D eigenvalue weighted by Gasteiger charge is 2.15. The lowest BCUT2D eigenvalue weighted by Gasteiger charge is -2.08. The maximum atomic E-state index is 13.0. The van der Waals surface area contributed by atoms with E-state index in [0.29, 0.717) is 5.56 Å². The molecule has 0 saturated carbocycles. The zero-order valence-corrected chi connectivity index (χ0v) is 8.41. The number of carbonyl (C=O) groups excluding carboxylic acids is 1. The molecule has 0 heterocycles. The highest BCUT2D eigenvalue weighted by molar-refractivity contribution is 5.91. The van der Waals surface area contributed by atoms with Crippen LogP contribution in [-0.2, 0) is 16.1 Å². The lowest BCUT2D eigenvalue weighted by atomic mass is 10.1. The number of aromatic hydroxyl groups is 1. The Morgan fingerprint density at radius 3 is 2.67 bits per heavy atom. The van der Waals surface area contributed by atoms with Crippen LogP contribution in [-0.4, -0.2) is 25.3 Å². The molecule has 0 spiro atoms. The van der Waals surface area contributed by atoms with Crippen LogP contribution in [0.25, 0.3) is 0 Å². The fourth-order valence-corrected chi connectivity index (χ4v) is 1.18.